The van der Waals surface area contributed by atoms with Gasteiger partial charge in [0.25, 0.3) is 0 Å². The maximum absolute atomic E-state index is 12.3. The van der Waals surface area contributed by atoms with Crippen molar-refractivity contribution in [2.24, 2.45) is 4.99 Å². The average molecular weight is 264 g/mol. The van der Waals surface area contributed by atoms with Gasteiger partial charge in [-0.15, -0.1) is 0 Å². The second-order valence-electron chi connectivity index (χ2n) is 4.42. The second-order valence-corrected chi connectivity index (χ2v) is 5.48. The first-order valence-electron chi connectivity index (χ1n) is 5.54. The number of aliphatic imine (C=N–C) groups is 1. The average Bonchev–Trinajstić information content (AvgIpc) is 2.70. The summed E-state index contributed by atoms with van der Waals surface area (Å²) in [7, 11) is 3.70. The van der Waals surface area contributed by atoms with Crippen LogP contribution in [-0.2, 0) is 4.74 Å². The molecule has 2 aliphatic heterocycles. The maximum atomic E-state index is 12.3. The van der Waals surface area contributed by atoms with Crippen LogP contribution in [0.3, 0.4) is 0 Å². The molecule has 2 aliphatic rings. The molecule has 2 N–H and O–H groups in total. The Bertz CT molecular complexity index is 316. The number of fused-ring (bicyclic) bond motifs is 1. The van der Waals surface area contributed by atoms with Crippen molar-refractivity contribution in [1.82, 2.24) is 4.90 Å². The zero-order chi connectivity index (χ0) is 12.6. The molecule has 17 heavy (non-hydrogen) atoms. The van der Waals surface area contributed by atoms with Crippen molar-refractivity contribution in [2.45, 2.75) is 36.2 Å². The topological polar surface area (TPSA) is 65.3 Å². The smallest absolute Gasteiger partial charge is 0.161 e. The van der Waals surface area contributed by atoms with Crippen molar-refractivity contribution in [1.29, 1.82) is 0 Å². The molecule has 0 radical (unpaired) electrons. The van der Waals surface area contributed by atoms with Crippen LogP contribution < -0.4 is 0 Å². The maximum Gasteiger partial charge on any atom is 0.161 e. The summed E-state index contributed by atoms with van der Waals surface area (Å²) in [6, 6.07) is -0.469. The van der Waals surface area contributed by atoms with Crippen LogP contribution >= 0.6 is 11.8 Å². The lowest BCUT2D eigenvalue weighted by molar-refractivity contribution is -0.155. The number of aliphatic hydroxyl groups is 2. The van der Waals surface area contributed by atoms with E-state index in [1.165, 1.54) is 11.8 Å². The molecule has 0 aromatic rings. The van der Waals surface area contributed by atoms with E-state index < -0.39 is 31.0 Å². The highest BCUT2D eigenvalue weighted by Crippen LogP contribution is 2.37. The number of hydrogen-bond acceptors (Lipinski definition) is 6. The standard InChI is InChI=1S/C10H17FN2O3S/c1-13(2)10-12-6-8(15)7(14)5(3-4-11)16-9(6)17-10/h5-9,14-15H,3-4H2,1-2H3/t5-,6+,7+,8+,9+/m0/s1. The van der Waals surface area contributed by atoms with Gasteiger partial charge in [-0.2, -0.15) is 0 Å². The van der Waals surface area contributed by atoms with Crippen LogP contribution in [-0.4, -0.2) is 70.8 Å². The van der Waals surface area contributed by atoms with E-state index in [-0.39, 0.29) is 11.9 Å². The molecule has 0 aromatic carbocycles. The number of ether oxygens (including phenoxy) is 1. The number of rotatable bonds is 2. The Hall–Kier alpha value is -0.370. The van der Waals surface area contributed by atoms with E-state index in [2.05, 4.69) is 4.99 Å². The third-order valence-corrected chi connectivity index (χ3v) is 4.23. The van der Waals surface area contributed by atoms with Gasteiger partial charge in [-0.25, -0.2) is 0 Å². The van der Waals surface area contributed by atoms with Gasteiger partial charge in [0, 0.05) is 20.5 Å². The monoisotopic (exact) mass is 264 g/mol. The molecule has 7 heteroatoms. The summed E-state index contributed by atoms with van der Waals surface area (Å²) in [5, 5.41) is 20.5. The van der Waals surface area contributed by atoms with Gasteiger partial charge in [0.1, 0.15) is 23.7 Å². The first-order chi connectivity index (χ1) is 8.04. The minimum absolute atomic E-state index is 0.0965. The van der Waals surface area contributed by atoms with E-state index >= 15 is 0 Å². The van der Waals surface area contributed by atoms with Crippen LogP contribution in [0.25, 0.3) is 0 Å². The molecule has 5 nitrogen and oxygen atoms in total. The molecule has 98 valence electrons. The van der Waals surface area contributed by atoms with Crippen molar-refractivity contribution in [2.75, 3.05) is 20.8 Å². The quantitative estimate of drug-likeness (QED) is 0.725. The molecule has 0 unspecified atom stereocenters. The van der Waals surface area contributed by atoms with Gasteiger partial charge in [-0.1, -0.05) is 11.8 Å². The molecule has 1 fully saturated rings. The summed E-state index contributed by atoms with van der Waals surface area (Å²) in [6.45, 7) is -0.572. The van der Waals surface area contributed by atoms with Crippen molar-refractivity contribution < 1.29 is 19.3 Å². The van der Waals surface area contributed by atoms with Gasteiger partial charge in [0.05, 0.1) is 12.8 Å². The molecule has 1 saturated heterocycles. The normalized spacial score (nSPS) is 41.0. The molecule has 0 spiro atoms. The van der Waals surface area contributed by atoms with Crippen molar-refractivity contribution in [3.63, 3.8) is 0 Å². The lowest BCUT2D eigenvalue weighted by atomic mass is 9.97. The van der Waals surface area contributed by atoms with Crippen LogP contribution in [0, 0.1) is 0 Å². The summed E-state index contributed by atoms with van der Waals surface area (Å²) in [4.78, 5) is 6.14. The van der Waals surface area contributed by atoms with E-state index in [1.54, 1.807) is 0 Å². The van der Waals surface area contributed by atoms with E-state index in [0.717, 1.165) is 5.17 Å². The summed E-state index contributed by atoms with van der Waals surface area (Å²) >= 11 is 1.40. The number of hydrogen-bond donors (Lipinski definition) is 2. The number of aliphatic hydroxyl groups excluding tert-OH is 2. The van der Waals surface area contributed by atoms with Gasteiger partial charge < -0.3 is 19.8 Å². The van der Waals surface area contributed by atoms with E-state index in [0.29, 0.717) is 0 Å². The zero-order valence-corrected chi connectivity index (χ0v) is 10.6. The minimum atomic E-state index is -1.07. The summed E-state index contributed by atoms with van der Waals surface area (Å²) < 4.78 is 17.9. The fourth-order valence-electron chi connectivity index (χ4n) is 1.98. The van der Waals surface area contributed by atoms with Crippen molar-refractivity contribution >= 4 is 16.9 Å². The number of thioether (sulfide) groups is 1. The predicted molar refractivity (Wildman–Crippen MR) is 63.8 cm³/mol. The highest BCUT2D eigenvalue weighted by Gasteiger charge is 2.48. The molecule has 2 heterocycles. The first-order valence-corrected chi connectivity index (χ1v) is 6.42. The van der Waals surface area contributed by atoms with Crippen molar-refractivity contribution in [3.05, 3.63) is 0 Å². The Morgan fingerprint density at radius 1 is 1.41 bits per heavy atom. The van der Waals surface area contributed by atoms with Gasteiger partial charge in [-0.05, 0) is 0 Å². The van der Waals surface area contributed by atoms with Crippen LogP contribution in [0.1, 0.15) is 6.42 Å². The molecule has 0 saturated carbocycles. The fraction of sp³-hybridized carbons (Fsp3) is 0.900. The van der Waals surface area contributed by atoms with Crippen molar-refractivity contribution in [3.8, 4) is 0 Å². The van der Waals surface area contributed by atoms with Gasteiger partial charge in [0.2, 0.25) is 0 Å². The molecule has 0 amide bonds. The summed E-state index contributed by atoms with van der Waals surface area (Å²) in [5.41, 5.74) is -0.331. The first kappa shape index (κ1) is 13.1. The Balaban J connectivity index is 2.10. The number of alkyl halides is 1. The lowest BCUT2D eigenvalue weighted by Crippen LogP contribution is -2.54. The van der Waals surface area contributed by atoms with Gasteiger partial charge in [-0.3, -0.25) is 9.38 Å². The number of amidine groups is 1. The van der Waals surface area contributed by atoms with Gasteiger partial charge in [0.15, 0.2) is 5.17 Å². The summed E-state index contributed by atoms with van der Waals surface area (Å²) in [5.74, 6) is 0. The van der Waals surface area contributed by atoms with Crippen LogP contribution in [0.4, 0.5) is 4.39 Å². The Morgan fingerprint density at radius 3 is 2.71 bits per heavy atom. The third kappa shape index (κ3) is 2.42. The predicted octanol–water partition coefficient (Wildman–Crippen LogP) is -0.174. The number of nitrogens with zero attached hydrogens (tertiary/aromatic N) is 2. The molecular weight excluding hydrogens is 247 g/mol. The van der Waals surface area contributed by atoms with E-state index in [9.17, 15) is 14.6 Å². The van der Waals surface area contributed by atoms with Crippen LogP contribution in [0.5, 0.6) is 0 Å². The third-order valence-electron chi connectivity index (χ3n) is 2.93. The molecule has 0 aromatic heterocycles. The number of halogens is 1. The molecule has 2 rings (SSSR count). The SMILES string of the molecule is CN(C)C1=N[C@@H]2[C@@H](O)[C@H](O)[C@H](CCF)O[C@@H]2S1. The molecule has 5 atom stereocenters. The molecular formula is C10H17FN2O3S. The Morgan fingerprint density at radius 2 is 2.12 bits per heavy atom. The Kier molecular flexibility index (Phi) is 3.92. The molecule has 0 bridgehead atoms. The van der Waals surface area contributed by atoms with E-state index in [4.69, 9.17) is 4.74 Å². The highest BCUT2D eigenvalue weighted by molar-refractivity contribution is 8.14. The van der Waals surface area contributed by atoms with Crippen LogP contribution in [0.15, 0.2) is 4.99 Å². The van der Waals surface area contributed by atoms with E-state index in [1.807, 2.05) is 19.0 Å². The summed E-state index contributed by atoms with van der Waals surface area (Å²) in [6.07, 6.45) is -2.62. The van der Waals surface area contributed by atoms with Crippen LogP contribution in [0.2, 0.25) is 0 Å². The minimum Gasteiger partial charge on any atom is -0.388 e. The fourth-order valence-corrected chi connectivity index (χ4v) is 3.14. The largest absolute Gasteiger partial charge is 0.388 e. The molecule has 0 aliphatic carbocycles. The Labute approximate surface area is 104 Å². The zero-order valence-electron chi connectivity index (χ0n) is 9.78. The lowest BCUT2D eigenvalue weighted by Gasteiger charge is -2.37. The van der Waals surface area contributed by atoms with Gasteiger partial charge >= 0.3 is 0 Å². The second kappa shape index (κ2) is 5.09. The highest BCUT2D eigenvalue weighted by atomic mass is 32.2.